The molecule has 1 aliphatic carbocycles. The van der Waals surface area contributed by atoms with E-state index in [0.717, 1.165) is 19.3 Å². The molecule has 1 aromatic heterocycles. The van der Waals surface area contributed by atoms with E-state index in [1.807, 2.05) is 11.8 Å². The van der Waals surface area contributed by atoms with Crippen LogP contribution < -0.4 is 10.1 Å². The van der Waals surface area contributed by atoms with E-state index in [1.165, 1.54) is 19.2 Å². The molecule has 1 fully saturated rings. The van der Waals surface area contributed by atoms with Crippen LogP contribution in [-0.2, 0) is 0 Å². The molecule has 2 atom stereocenters. The number of methoxy groups -OCH3 is 1. The monoisotopic (exact) mass is 283 g/mol. The fourth-order valence-corrected chi connectivity index (χ4v) is 3.08. The van der Waals surface area contributed by atoms with Gasteiger partial charge in [-0.1, -0.05) is 0 Å². The van der Waals surface area contributed by atoms with Crippen molar-refractivity contribution in [2.75, 3.05) is 18.7 Å². The van der Waals surface area contributed by atoms with Crippen LogP contribution in [0, 0.1) is 10.1 Å². The standard InChI is InChI=1S/C12H17N3O3S/c1-18-11-6-5-10(15(16)17)12(14-11)13-8-3-4-9(7-8)19-2/h5-6,8-9H,3-4,7H2,1-2H3,(H,13,14). The van der Waals surface area contributed by atoms with Crippen molar-refractivity contribution in [2.24, 2.45) is 0 Å². The van der Waals surface area contributed by atoms with E-state index in [9.17, 15) is 10.1 Å². The van der Waals surface area contributed by atoms with Crippen molar-refractivity contribution >= 4 is 23.3 Å². The van der Waals surface area contributed by atoms with Gasteiger partial charge in [-0.05, 0) is 25.5 Å². The van der Waals surface area contributed by atoms with E-state index >= 15 is 0 Å². The second-order valence-corrected chi connectivity index (χ2v) is 5.63. The van der Waals surface area contributed by atoms with E-state index in [-0.39, 0.29) is 11.7 Å². The molecule has 0 radical (unpaired) electrons. The Bertz CT molecular complexity index is 470. The Hall–Kier alpha value is -1.50. The first-order chi connectivity index (χ1) is 9.13. The molecule has 1 heterocycles. The molecule has 0 saturated heterocycles. The average molecular weight is 283 g/mol. The second-order valence-electron chi connectivity index (χ2n) is 4.49. The minimum atomic E-state index is -0.421. The van der Waals surface area contributed by atoms with Gasteiger partial charge in [0.2, 0.25) is 11.7 Å². The number of thioether (sulfide) groups is 1. The molecule has 1 aromatic rings. The molecule has 1 N–H and O–H groups in total. The van der Waals surface area contributed by atoms with Gasteiger partial charge in [0.05, 0.1) is 12.0 Å². The lowest BCUT2D eigenvalue weighted by Gasteiger charge is -2.14. The zero-order chi connectivity index (χ0) is 13.8. The fraction of sp³-hybridized carbons (Fsp3) is 0.583. The van der Waals surface area contributed by atoms with E-state index in [1.54, 1.807) is 0 Å². The summed E-state index contributed by atoms with van der Waals surface area (Å²) in [5, 5.41) is 14.8. The summed E-state index contributed by atoms with van der Waals surface area (Å²) in [7, 11) is 1.50. The minimum Gasteiger partial charge on any atom is -0.481 e. The van der Waals surface area contributed by atoms with Gasteiger partial charge in [-0.15, -0.1) is 0 Å². The lowest BCUT2D eigenvalue weighted by Crippen LogP contribution is -2.18. The normalized spacial score (nSPS) is 22.2. The Morgan fingerprint density at radius 1 is 1.53 bits per heavy atom. The summed E-state index contributed by atoms with van der Waals surface area (Å²) in [6.45, 7) is 0. The van der Waals surface area contributed by atoms with Crippen molar-refractivity contribution in [1.82, 2.24) is 4.98 Å². The van der Waals surface area contributed by atoms with Gasteiger partial charge in [-0.2, -0.15) is 16.7 Å². The first-order valence-electron chi connectivity index (χ1n) is 6.12. The third-order valence-corrected chi connectivity index (χ3v) is 4.41. The third kappa shape index (κ3) is 3.28. The SMILES string of the molecule is COc1ccc([N+](=O)[O-])c(NC2CCC(SC)C2)n1. The fourth-order valence-electron chi connectivity index (χ4n) is 2.28. The number of pyridine rings is 1. The van der Waals surface area contributed by atoms with Crippen molar-refractivity contribution in [3.63, 3.8) is 0 Å². The third-order valence-electron chi connectivity index (χ3n) is 3.31. The smallest absolute Gasteiger partial charge is 0.311 e. The number of rotatable bonds is 5. The van der Waals surface area contributed by atoms with E-state index in [0.29, 0.717) is 16.9 Å². The number of hydrogen-bond donors (Lipinski definition) is 1. The highest BCUT2D eigenvalue weighted by Gasteiger charge is 2.26. The lowest BCUT2D eigenvalue weighted by molar-refractivity contribution is -0.384. The molecule has 6 nitrogen and oxygen atoms in total. The van der Waals surface area contributed by atoms with Gasteiger partial charge in [0, 0.05) is 23.4 Å². The van der Waals surface area contributed by atoms with Crippen molar-refractivity contribution in [2.45, 2.75) is 30.6 Å². The maximum Gasteiger partial charge on any atom is 0.311 e. The maximum absolute atomic E-state index is 11.0. The van der Waals surface area contributed by atoms with Crippen LogP contribution in [0.3, 0.4) is 0 Å². The molecule has 0 bridgehead atoms. The topological polar surface area (TPSA) is 77.3 Å². The minimum absolute atomic E-state index is 0.00611. The quantitative estimate of drug-likeness (QED) is 0.661. The van der Waals surface area contributed by atoms with Crippen LogP contribution in [0.4, 0.5) is 11.5 Å². The van der Waals surface area contributed by atoms with Gasteiger partial charge in [-0.3, -0.25) is 10.1 Å². The Morgan fingerprint density at radius 3 is 2.89 bits per heavy atom. The number of ether oxygens (including phenoxy) is 1. The number of aromatic nitrogens is 1. The van der Waals surface area contributed by atoms with Crippen molar-refractivity contribution < 1.29 is 9.66 Å². The number of anilines is 1. The van der Waals surface area contributed by atoms with Crippen molar-refractivity contribution in [3.05, 3.63) is 22.2 Å². The summed E-state index contributed by atoms with van der Waals surface area (Å²) in [6, 6.07) is 3.17. The highest BCUT2D eigenvalue weighted by Crippen LogP contribution is 2.32. The zero-order valence-electron chi connectivity index (χ0n) is 11.0. The van der Waals surface area contributed by atoms with Crippen LogP contribution in [0.2, 0.25) is 0 Å². The van der Waals surface area contributed by atoms with Gasteiger partial charge in [0.15, 0.2) is 0 Å². The molecule has 0 spiro atoms. The highest BCUT2D eigenvalue weighted by molar-refractivity contribution is 7.99. The summed E-state index contributed by atoms with van der Waals surface area (Å²) in [6.07, 6.45) is 5.26. The Kier molecular flexibility index (Phi) is 4.47. The van der Waals surface area contributed by atoms with E-state index < -0.39 is 4.92 Å². The molecule has 1 saturated carbocycles. The largest absolute Gasteiger partial charge is 0.481 e. The summed E-state index contributed by atoms with van der Waals surface area (Å²) >= 11 is 1.85. The number of nitrogens with one attached hydrogen (secondary N) is 1. The van der Waals surface area contributed by atoms with Crippen LogP contribution in [-0.4, -0.2) is 34.6 Å². The molecule has 0 amide bonds. The molecule has 2 unspecified atom stereocenters. The number of hydrogen-bond acceptors (Lipinski definition) is 6. The van der Waals surface area contributed by atoms with Gasteiger partial charge in [-0.25, -0.2) is 0 Å². The van der Waals surface area contributed by atoms with Crippen LogP contribution in [0.5, 0.6) is 5.88 Å². The van der Waals surface area contributed by atoms with E-state index in [4.69, 9.17) is 4.74 Å². The predicted molar refractivity (Wildman–Crippen MR) is 76.0 cm³/mol. The first-order valence-corrected chi connectivity index (χ1v) is 7.41. The molecule has 2 rings (SSSR count). The van der Waals surface area contributed by atoms with Gasteiger partial charge in [0.1, 0.15) is 0 Å². The summed E-state index contributed by atoms with van der Waals surface area (Å²) in [5.74, 6) is 0.684. The predicted octanol–water partition coefficient (Wildman–Crippen LogP) is 2.69. The molecular weight excluding hydrogens is 266 g/mol. The van der Waals surface area contributed by atoms with Gasteiger partial charge in [0.25, 0.3) is 0 Å². The summed E-state index contributed by atoms with van der Waals surface area (Å²) in [4.78, 5) is 14.7. The molecule has 1 aliphatic rings. The molecule has 19 heavy (non-hydrogen) atoms. The number of nitro groups is 1. The van der Waals surface area contributed by atoms with Crippen molar-refractivity contribution in [3.8, 4) is 5.88 Å². The molecule has 0 aromatic carbocycles. The van der Waals surface area contributed by atoms with Crippen LogP contribution >= 0.6 is 11.8 Å². The molecule has 0 aliphatic heterocycles. The first kappa shape index (κ1) is 13.9. The second kappa shape index (κ2) is 6.10. The van der Waals surface area contributed by atoms with E-state index in [2.05, 4.69) is 16.6 Å². The number of nitrogens with zero attached hydrogens (tertiary/aromatic N) is 2. The van der Waals surface area contributed by atoms with Crippen LogP contribution in [0.15, 0.2) is 12.1 Å². The van der Waals surface area contributed by atoms with Crippen LogP contribution in [0.25, 0.3) is 0 Å². The zero-order valence-corrected chi connectivity index (χ0v) is 11.8. The molecule has 7 heteroatoms. The summed E-state index contributed by atoms with van der Waals surface area (Å²) in [5.41, 5.74) is -0.00611. The Morgan fingerprint density at radius 2 is 2.32 bits per heavy atom. The summed E-state index contributed by atoms with van der Waals surface area (Å²) < 4.78 is 5.02. The Balaban J connectivity index is 2.16. The highest BCUT2D eigenvalue weighted by atomic mass is 32.2. The van der Waals surface area contributed by atoms with Crippen LogP contribution in [0.1, 0.15) is 19.3 Å². The lowest BCUT2D eigenvalue weighted by atomic mass is 10.2. The van der Waals surface area contributed by atoms with Gasteiger partial charge < -0.3 is 10.1 Å². The van der Waals surface area contributed by atoms with Crippen molar-refractivity contribution in [1.29, 1.82) is 0 Å². The maximum atomic E-state index is 11.0. The van der Waals surface area contributed by atoms with Gasteiger partial charge >= 0.3 is 5.69 Å². The average Bonchev–Trinajstić information content (AvgIpc) is 2.86. The molecular formula is C12H17N3O3S. The molecule has 104 valence electrons. The Labute approximate surface area is 116 Å².